The van der Waals surface area contributed by atoms with Gasteiger partial charge in [0.15, 0.2) is 0 Å². The van der Waals surface area contributed by atoms with Gasteiger partial charge in [-0.1, -0.05) is 0 Å². The molecule has 1 aromatic rings. The normalized spacial score (nSPS) is 16.7. The number of nitrogen functional groups attached to an aromatic ring is 1. The Morgan fingerprint density at radius 1 is 1.39 bits per heavy atom. The number of nitrogens with zero attached hydrogens (tertiary/aromatic N) is 1. The number of methoxy groups -OCH3 is 1. The monoisotopic (exact) mass is 248 g/mol. The highest BCUT2D eigenvalue weighted by Gasteiger charge is 2.22. The minimum Gasteiger partial charge on any atom is -0.495 e. The summed E-state index contributed by atoms with van der Waals surface area (Å²) in [6.45, 7) is 3.52. The topological polar surface area (TPSA) is 55.6 Å². The summed E-state index contributed by atoms with van der Waals surface area (Å²) in [7, 11) is 1.62. The van der Waals surface area contributed by atoms with E-state index in [-0.39, 0.29) is 5.92 Å². The van der Waals surface area contributed by atoms with E-state index in [9.17, 15) is 4.79 Å². The lowest BCUT2D eigenvalue weighted by atomic mass is 9.93. The number of hydrogen-bond acceptors (Lipinski definition) is 4. The number of anilines is 2. The molecule has 0 aromatic heterocycles. The molecule has 1 heterocycles. The SMILES string of the molecule is COc1cc(N2CCC(C(C)=O)CC2)ccc1N. The maximum Gasteiger partial charge on any atom is 0.143 e. The molecule has 0 bridgehead atoms. The van der Waals surface area contributed by atoms with Crippen molar-refractivity contribution in [1.29, 1.82) is 0 Å². The van der Waals surface area contributed by atoms with Crippen LogP contribution in [0.2, 0.25) is 0 Å². The van der Waals surface area contributed by atoms with Crippen molar-refractivity contribution in [3.05, 3.63) is 18.2 Å². The highest BCUT2D eigenvalue weighted by atomic mass is 16.5. The van der Waals surface area contributed by atoms with Gasteiger partial charge in [-0.3, -0.25) is 4.79 Å². The molecule has 0 aliphatic carbocycles. The number of Topliss-reactive ketones (excluding diaryl/α,β-unsaturated/α-hetero) is 1. The van der Waals surface area contributed by atoms with E-state index in [1.165, 1.54) is 0 Å². The number of rotatable bonds is 3. The molecular formula is C14H20N2O2. The smallest absolute Gasteiger partial charge is 0.143 e. The largest absolute Gasteiger partial charge is 0.495 e. The average molecular weight is 248 g/mol. The molecule has 1 saturated heterocycles. The minimum absolute atomic E-state index is 0.233. The first-order valence-electron chi connectivity index (χ1n) is 6.30. The van der Waals surface area contributed by atoms with Crippen LogP contribution in [0.25, 0.3) is 0 Å². The van der Waals surface area contributed by atoms with Crippen LogP contribution in [0.3, 0.4) is 0 Å². The first kappa shape index (κ1) is 12.7. The van der Waals surface area contributed by atoms with Gasteiger partial charge in [0, 0.05) is 30.8 Å². The van der Waals surface area contributed by atoms with E-state index in [0.717, 1.165) is 31.6 Å². The first-order chi connectivity index (χ1) is 8.61. The van der Waals surface area contributed by atoms with Gasteiger partial charge in [0.05, 0.1) is 12.8 Å². The van der Waals surface area contributed by atoms with Crippen LogP contribution < -0.4 is 15.4 Å². The number of hydrogen-bond donors (Lipinski definition) is 1. The molecule has 18 heavy (non-hydrogen) atoms. The first-order valence-corrected chi connectivity index (χ1v) is 6.30. The van der Waals surface area contributed by atoms with E-state index in [0.29, 0.717) is 17.2 Å². The van der Waals surface area contributed by atoms with Crippen molar-refractivity contribution < 1.29 is 9.53 Å². The fourth-order valence-electron chi connectivity index (χ4n) is 2.44. The highest BCUT2D eigenvalue weighted by Crippen LogP contribution is 2.30. The van der Waals surface area contributed by atoms with Gasteiger partial charge >= 0.3 is 0 Å². The van der Waals surface area contributed by atoms with Crippen molar-refractivity contribution in [2.45, 2.75) is 19.8 Å². The van der Waals surface area contributed by atoms with Gasteiger partial charge in [0.1, 0.15) is 11.5 Å². The van der Waals surface area contributed by atoms with Gasteiger partial charge in [-0.25, -0.2) is 0 Å². The molecule has 98 valence electrons. The third-order valence-corrected chi connectivity index (χ3v) is 3.65. The Morgan fingerprint density at radius 2 is 2.06 bits per heavy atom. The molecule has 2 rings (SSSR count). The molecule has 1 aliphatic rings. The van der Waals surface area contributed by atoms with Crippen molar-refractivity contribution in [2.75, 3.05) is 30.8 Å². The molecule has 0 atom stereocenters. The second kappa shape index (κ2) is 5.29. The molecule has 1 aromatic carbocycles. The standard InChI is InChI=1S/C14H20N2O2/c1-10(17)11-5-7-16(8-6-11)12-3-4-13(15)14(9-12)18-2/h3-4,9,11H,5-8,15H2,1-2H3. The number of ketones is 1. The number of nitrogens with two attached hydrogens (primary N) is 1. The van der Waals surface area contributed by atoms with Crippen molar-refractivity contribution in [1.82, 2.24) is 0 Å². The molecule has 4 nitrogen and oxygen atoms in total. The Balaban J connectivity index is 2.07. The molecule has 0 unspecified atom stereocenters. The van der Waals surface area contributed by atoms with E-state index in [4.69, 9.17) is 10.5 Å². The lowest BCUT2D eigenvalue weighted by molar-refractivity contribution is -0.121. The zero-order valence-corrected chi connectivity index (χ0v) is 11.0. The molecule has 0 amide bonds. The van der Waals surface area contributed by atoms with Crippen molar-refractivity contribution in [3.63, 3.8) is 0 Å². The molecule has 1 fully saturated rings. The Kier molecular flexibility index (Phi) is 3.75. The second-order valence-electron chi connectivity index (χ2n) is 4.80. The predicted molar refractivity (Wildman–Crippen MR) is 73.0 cm³/mol. The van der Waals surface area contributed by atoms with Crippen LogP contribution in [-0.4, -0.2) is 26.0 Å². The molecule has 1 aliphatic heterocycles. The summed E-state index contributed by atoms with van der Waals surface area (Å²) in [4.78, 5) is 13.6. The van der Waals surface area contributed by atoms with Crippen LogP contribution in [0.15, 0.2) is 18.2 Å². The summed E-state index contributed by atoms with van der Waals surface area (Å²) in [5.41, 5.74) is 7.57. The summed E-state index contributed by atoms with van der Waals surface area (Å²) in [5.74, 6) is 1.25. The minimum atomic E-state index is 0.233. The summed E-state index contributed by atoms with van der Waals surface area (Å²) in [6.07, 6.45) is 1.87. The average Bonchev–Trinajstić information content (AvgIpc) is 2.39. The van der Waals surface area contributed by atoms with Gasteiger partial charge in [-0.2, -0.15) is 0 Å². The highest BCUT2D eigenvalue weighted by molar-refractivity contribution is 5.78. The van der Waals surface area contributed by atoms with Crippen molar-refractivity contribution >= 4 is 17.2 Å². The zero-order chi connectivity index (χ0) is 13.1. The summed E-state index contributed by atoms with van der Waals surface area (Å²) < 4.78 is 5.23. The molecular weight excluding hydrogens is 228 g/mol. The fraction of sp³-hybridized carbons (Fsp3) is 0.500. The third-order valence-electron chi connectivity index (χ3n) is 3.65. The Hall–Kier alpha value is -1.71. The van der Waals surface area contributed by atoms with Crippen LogP contribution in [0.4, 0.5) is 11.4 Å². The second-order valence-corrected chi connectivity index (χ2v) is 4.80. The Bertz CT molecular complexity index is 437. The van der Waals surface area contributed by atoms with Gasteiger partial charge in [-0.05, 0) is 31.9 Å². The Labute approximate surface area is 108 Å². The number of ether oxygens (including phenoxy) is 1. The van der Waals surface area contributed by atoms with Crippen LogP contribution in [0, 0.1) is 5.92 Å². The van der Waals surface area contributed by atoms with E-state index >= 15 is 0 Å². The number of piperidine rings is 1. The predicted octanol–water partition coefficient (Wildman–Crippen LogP) is 2.08. The lowest BCUT2D eigenvalue weighted by Gasteiger charge is -2.32. The van der Waals surface area contributed by atoms with Gasteiger partial charge in [-0.15, -0.1) is 0 Å². The molecule has 0 spiro atoms. The van der Waals surface area contributed by atoms with Gasteiger partial charge in [0.25, 0.3) is 0 Å². The van der Waals surface area contributed by atoms with E-state index in [1.807, 2.05) is 18.2 Å². The zero-order valence-electron chi connectivity index (χ0n) is 11.0. The van der Waals surface area contributed by atoms with Crippen LogP contribution in [-0.2, 0) is 4.79 Å². The Morgan fingerprint density at radius 3 is 2.61 bits per heavy atom. The van der Waals surface area contributed by atoms with E-state index < -0.39 is 0 Å². The summed E-state index contributed by atoms with van der Waals surface area (Å²) in [5, 5.41) is 0. The van der Waals surface area contributed by atoms with Crippen LogP contribution >= 0.6 is 0 Å². The molecule has 4 heteroatoms. The number of benzene rings is 1. The van der Waals surface area contributed by atoms with E-state index in [2.05, 4.69) is 4.90 Å². The quantitative estimate of drug-likeness (QED) is 0.832. The van der Waals surface area contributed by atoms with Crippen molar-refractivity contribution in [3.8, 4) is 5.75 Å². The number of carbonyl (C=O) groups is 1. The van der Waals surface area contributed by atoms with Gasteiger partial charge < -0.3 is 15.4 Å². The van der Waals surface area contributed by atoms with Gasteiger partial charge in [0.2, 0.25) is 0 Å². The van der Waals surface area contributed by atoms with Crippen LogP contribution in [0.1, 0.15) is 19.8 Å². The van der Waals surface area contributed by atoms with E-state index in [1.54, 1.807) is 14.0 Å². The molecule has 0 saturated carbocycles. The fourth-order valence-corrected chi connectivity index (χ4v) is 2.44. The molecule has 2 N–H and O–H groups in total. The molecule has 0 radical (unpaired) electrons. The maximum atomic E-state index is 11.3. The maximum absolute atomic E-state index is 11.3. The third kappa shape index (κ3) is 2.58. The lowest BCUT2D eigenvalue weighted by Crippen LogP contribution is -2.35. The van der Waals surface area contributed by atoms with Crippen molar-refractivity contribution in [2.24, 2.45) is 5.92 Å². The number of carbonyl (C=O) groups excluding carboxylic acids is 1. The summed E-state index contributed by atoms with van der Waals surface area (Å²) >= 11 is 0. The summed E-state index contributed by atoms with van der Waals surface area (Å²) in [6, 6.07) is 5.83. The van der Waals surface area contributed by atoms with Crippen LogP contribution in [0.5, 0.6) is 5.75 Å².